The molecule has 1 N–H and O–H groups in total. The van der Waals surface area contributed by atoms with Crippen LogP contribution in [-0.2, 0) is 0 Å². The lowest BCUT2D eigenvalue weighted by molar-refractivity contribution is -0.0681. The third-order valence-corrected chi connectivity index (χ3v) is 7.99. The molecule has 3 saturated heterocycles. The molecule has 0 radical (unpaired) electrons. The third kappa shape index (κ3) is 3.82. The Morgan fingerprint density at radius 1 is 1.13 bits per heavy atom. The van der Waals surface area contributed by atoms with E-state index < -0.39 is 0 Å². The molecule has 5 nitrogen and oxygen atoms in total. The van der Waals surface area contributed by atoms with Crippen molar-refractivity contribution in [1.82, 2.24) is 14.8 Å². The Morgan fingerprint density at radius 2 is 1.90 bits per heavy atom. The fraction of sp³-hybridized carbons (Fsp3) is 0.615. The number of carbonyl (C=O) groups is 1. The second-order valence-electron chi connectivity index (χ2n) is 10.4. The number of amides is 1. The molecule has 4 heterocycles. The van der Waals surface area contributed by atoms with Crippen LogP contribution < -0.4 is 5.56 Å². The number of aromatic nitrogens is 1. The third-order valence-electron chi connectivity index (χ3n) is 7.99. The van der Waals surface area contributed by atoms with Crippen molar-refractivity contribution in [1.29, 1.82) is 0 Å². The summed E-state index contributed by atoms with van der Waals surface area (Å²) in [6, 6.07) is 8.70. The van der Waals surface area contributed by atoms with Gasteiger partial charge < -0.3 is 9.88 Å². The number of piperidine rings is 3. The molecule has 2 bridgehead atoms. The number of nitrogens with one attached hydrogen (secondary N) is 1. The van der Waals surface area contributed by atoms with Crippen molar-refractivity contribution in [2.75, 3.05) is 19.6 Å². The van der Waals surface area contributed by atoms with Gasteiger partial charge in [0.05, 0.1) is 5.56 Å². The molecular formula is C26H35N3O2. The molecule has 3 aliphatic rings. The zero-order valence-corrected chi connectivity index (χ0v) is 18.8. The smallest absolute Gasteiger partial charge is 0.255 e. The summed E-state index contributed by atoms with van der Waals surface area (Å²) in [7, 11) is 0. The average molecular weight is 422 g/mol. The first kappa shape index (κ1) is 20.7. The minimum Gasteiger partial charge on any atom is -0.338 e. The maximum atomic E-state index is 13.7. The lowest BCUT2D eigenvalue weighted by Crippen LogP contribution is -2.64. The van der Waals surface area contributed by atoms with E-state index in [0.717, 1.165) is 24.4 Å². The topological polar surface area (TPSA) is 56.4 Å². The summed E-state index contributed by atoms with van der Waals surface area (Å²) in [5.41, 5.74) is 0.503. The van der Waals surface area contributed by atoms with Crippen LogP contribution in [0.3, 0.4) is 0 Å². The Hall–Kier alpha value is -2.14. The Labute approximate surface area is 184 Å². The van der Waals surface area contributed by atoms with E-state index in [2.05, 4.69) is 28.6 Å². The van der Waals surface area contributed by atoms with E-state index in [1.54, 1.807) is 12.3 Å². The fourth-order valence-corrected chi connectivity index (χ4v) is 6.53. The quantitative estimate of drug-likeness (QED) is 0.802. The van der Waals surface area contributed by atoms with Crippen LogP contribution in [0, 0.1) is 17.8 Å². The van der Waals surface area contributed by atoms with Gasteiger partial charge in [-0.1, -0.05) is 38.5 Å². The number of nitrogens with zero attached hydrogens (tertiary/aromatic N) is 2. The predicted molar refractivity (Wildman–Crippen MR) is 124 cm³/mol. The molecule has 0 aliphatic carbocycles. The molecule has 2 aromatic rings. The molecule has 1 amide bonds. The maximum Gasteiger partial charge on any atom is 0.255 e. The number of aromatic amines is 1. The summed E-state index contributed by atoms with van der Waals surface area (Å²) in [5, 5.41) is 1.36. The average Bonchev–Trinajstić information content (AvgIpc) is 2.79. The van der Waals surface area contributed by atoms with Gasteiger partial charge in [0.2, 0.25) is 0 Å². The number of hydrogen-bond acceptors (Lipinski definition) is 3. The predicted octanol–water partition coefficient (Wildman–Crippen LogP) is 4.28. The van der Waals surface area contributed by atoms with Crippen LogP contribution in [0.2, 0.25) is 0 Å². The summed E-state index contributed by atoms with van der Waals surface area (Å²) in [5.74, 6) is 1.93. The number of benzene rings is 1. The van der Waals surface area contributed by atoms with Gasteiger partial charge in [-0.2, -0.15) is 0 Å². The van der Waals surface area contributed by atoms with Crippen LogP contribution in [0.1, 0.15) is 62.7 Å². The number of H-pyrrole nitrogens is 1. The fourth-order valence-electron chi connectivity index (χ4n) is 6.53. The zero-order chi connectivity index (χ0) is 21.5. The standard InChI is InChI=1S/C26H35N3O2/c1-17(2)10-11-24-19-13-18(23-9-5-6-12-29(23)24)15-28(16-19)26(31)22-14-27-25(30)21-8-4-3-7-20(21)22/h3-4,7-8,14,17-19,23-24H,5-6,9-13,15-16H2,1-2H3,(H,27,30)/t18-,19+,23+,24+/m1/s1. The van der Waals surface area contributed by atoms with E-state index in [1.165, 1.54) is 45.1 Å². The van der Waals surface area contributed by atoms with Gasteiger partial charge in [0.15, 0.2) is 0 Å². The maximum absolute atomic E-state index is 13.7. The highest BCUT2D eigenvalue weighted by Gasteiger charge is 2.47. The number of carbonyl (C=O) groups excluding carboxylic acids is 1. The van der Waals surface area contributed by atoms with Crippen molar-refractivity contribution in [2.45, 2.75) is 64.5 Å². The highest BCUT2D eigenvalue weighted by molar-refractivity contribution is 6.06. The van der Waals surface area contributed by atoms with Crippen LogP contribution >= 0.6 is 0 Å². The second kappa shape index (κ2) is 8.42. The Kier molecular flexibility index (Phi) is 5.63. The van der Waals surface area contributed by atoms with Crippen LogP contribution in [0.5, 0.6) is 0 Å². The van der Waals surface area contributed by atoms with Gasteiger partial charge in [0, 0.05) is 42.1 Å². The molecule has 0 saturated carbocycles. The Balaban J connectivity index is 1.44. The number of likely N-dealkylation sites (tertiary alicyclic amines) is 1. The van der Waals surface area contributed by atoms with Crippen molar-refractivity contribution >= 4 is 16.7 Å². The molecule has 166 valence electrons. The first-order valence-electron chi connectivity index (χ1n) is 12.2. The zero-order valence-electron chi connectivity index (χ0n) is 18.8. The largest absolute Gasteiger partial charge is 0.338 e. The first-order valence-corrected chi connectivity index (χ1v) is 12.2. The van der Waals surface area contributed by atoms with Crippen molar-refractivity contribution in [3.8, 4) is 0 Å². The van der Waals surface area contributed by atoms with Gasteiger partial charge in [-0.25, -0.2) is 0 Å². The van der Waals surface area contributed by atoms with Gasteiger partial charge in [-0.05, 0) is 62.5 Å². The number of pyridine rings is 1. The molecule has 1 aromatic carbocycles. The Bertz CT molecular complexity index is 1010. The van der Waals surface area contributed by atoms with E-state index in [4.69, 9.17) is 0 Å². The van der Waals surface area contributed by atoms with Crippen LogP contribution in [0.15, 0.2) is 35.3 Å². The van der Waals surface area contributed by atoms with Crippen LogP contribution in [0.25, 0.3) is 10.8 Å². The number of hydrogen-bond donors (Lipinski definition) is 1. The van der Waals surface area contributed by atoms with E-state index >= 15 is 0 Å². The highest BCUT2D eigenvalue weighted by atomic mass is 16.2. The highest BCUT2D eigenvalue weighted by Crippen LogP contribution is 2.43. The molecule has 0 spiro atoms. The lowest BCUT2D eigenvalue weighted by Gasteiger charge is -2.57. The molecule has 31 heavy (non-hydrogen) atoms. The first-order chi connectivity index (χ1) is 15.0. The molecule has 3 aliphatic heterocycles. The van der Waals surface area contributed by atoms with Crippen LogP contribution in [0.4, 0.5) is 0 Å². The van der Waals surface area contributed by atoms with Gasteiger partial charge in [-0.3, -0.25) is 14.5 Å². The summed E-state index contributed by atoms with van der Waals surface area (Å²) in [6.45, 7) is 7.56. The molecular weight excluding hydrogens is 386 g/mol. The molecule has 3 fully saturated rings. The van der Waals surface area contributed by atoms with Gasteiger partial charge in [0.25, 0.3) is 11.5 Å². The van der Waals surface area contributed by atoms with Gasteiger partial charge in [0.1, 0.15) is 0 Å². The summed E-state index contributed by atoms with van der Waals surface area (Å²) >= 11 is 0. The van der Waals surface area contributed by atoms with Crippen molar-refractivity contribution < 1.29 is 4.79 Å². The van der Waals surface area contributed by atoms with Crippen LogP contribution in [-0.4, -0.2) is 52.4 Å². The minimum absolute atomic E-state index is 0.0778. The molecule has 4 atom stereocenters. The minimum atomic E-state index is -0.130. The summed E-state index contributed by atoms with van der Waals surface area (Å²) < 4.78 is 0. The van der Waals surface area contributed by atoms with Crippen molar-refractivity contribution in [2.24, 2.45) is 17.8 Å². The summed E-state index contributed by atoms with van der Waals surface area (Å²) in [4.78, 5) is 33.6. The van der Waals surface area contributed by atoms with E-state index in [0.29, 0.717) is 34.9 Å². The monoisotopic (exact) mass is 421 g/mol. The van der Waals surface area contributed by atoms with E-state index in [9.17, 15) is 9.59 Å². The number of fused-ring (bicyclic) bond motifs is 5. The van der Waals surface area contributed by atoms with Crippen molar-refractivity contribution in [3.05, 3.63) is 46.4 Å². The lowest BCUT2D eigenvalue weighted by atomic mass is 9.71. The SMILES string of the molecule is CC(C)CC[C@H]1[C@H]2C[C@H](CN(C(=O)c3c[nH]c(=O)c4ccccc34)C2)[C@@H]2CCCCN21. The van der Waals surface area contributed by atoms with E-state index in [1.807, 2.05) is 18.2 Å². The molecule has 5 heteroatoms. The molecule has 5 rings (SSSR count). The Morgan fingerprint density at radius 3 is 2.71 bits per heavy atom. The second-order valence-corrected chi connectivity index (χ2v) is 10.4. The van der Waals surface area contributed by atoms with Gasteiger partial charge >= 0.3 is 0 Å². The normalized spacial score (nSPS) is 28.7. The van der Waals surface area contributed by atoms with Gasteiger partial charge in [-0.15, -0.1) is 0 Å². The molecule has 1 aromatic heterocycles. The summed E-state index contributed by atoms with van der Waals surface area (Å²) in [6.07, 6.45) is 9.31. The van der Waals surface area contributed by atoms with Crippen molar-refractivity contribution in [3.63, 3.8) is 0 Å². The van der Waals surface area contributed by atoms with E-state index in [-0.39, 0.29) is 11.5 Å². The molecule has 0 unspecified atom stereocenters. The number of rotatable bonds is 4.